The molecule has 82 valence electrons. The molecule has 0 spiro atoms. The lowest BCUT2D eigenvalue weighted by molar-refractivity contribution is 0.115. The average Bonchev–Trinajstić information content (AvgIpc) is 2.19. The van der Waals surface area contributed by atoms with Crippen molar-refractivity contribution in [3.05, 3.63) is 29.8 Å². The zero-order valence-corrected chi connectivity index (χ0v) is 8.83. The van der Waals surface area contributed by atoms with Gasteiger partial charge in [-0.1, -0.05) is 12.1 Å². The Bertz CT molecular complexity index is 334. The van der Waals surface area contributed by atoms with E-state index in [2.05, 4.69) is 5.32 Å². The van der Waals surface area contributed by atoms with Crippen LogP contribution >= 0.6 is 0 Å². The highest BCUT2D eigenvalue weighted by Crippen LogP contribution is 2.36. The maximum absolute atomic E-state index is 14.2. The topological polar surface area (TPSA) is 32.3 Å². The van der Waals surface area contributed by atoms with Gasteiger partial charge >= 0.3 is 0 Å². The van der Waals surface area contributed by atoms with E-state index in [0.29, 0.717) is 6.54 Å². The fraction of sp³-hybridized carbons (Fsp3) is 0.500. The molecule has 1 aromatic carbocycles. The van der Waals surface area contributed by atoms with Gasteiger partial charge < -0.3 is 10.4 Å². The van der Waals surface area contributed by atoms with Crippen LogP contribution in [-0.4, -0.2) is 23.9 Å². The largest absolute Gasteiger partial charge is 0.508 e. The van der Waals surface area contributed by atoms with Crippen molar-refractivity contribution >= 4 is 0 Å². The smallest absolute Gasteiger partial charge is 0.127 e. The first-order chi connectivity index (χ1) is 7.09. The summed E-state index contributed by atoms with van der Waals surface area (Å²) in [5, 5.41) is 12.2. The third kappa shape index (κ3) is 2.12. The van der Waals surface area contributed by atoms with Gasteiger partial charge in [0.15, 0.2) is 0 Å². The number of hydrogen-bond acceptors (Lipinski definition) is 2. The number of nitrogens with one attached hydrogen (secondary N) is 1. The molecular weight excluding hydrogens is 193 g/mol. The van der Waals surface area contributed by atoms with E-state index in [4.69, 9.17) is 0 Å². The molecule has 1 aromatic rings. The molecule has 0 amide bonds. The number of halogens is 1. The zero-order valence-electron chi connectivity index (χ0n) is 8.83. The van der Waals surface area contributed by atoms with Crippen LogP contribution < -0.4 is 5.32 Å². The zero-order chi connectivity index (χ0) is 10.9. The van der Waals surface area contributed by atoms with Gasteiger partial charge in [0.2, 0.25) is 0 Å². The fourth-order valence-corrected chi connectivity index (χ4v) is 2.22. The van der Waals surface area contributed by atoms with Crippen molar-refractivity contribution < 1.29 is 9.50 Å². The molecule has 0 unspecified atom stereocenters. The van der Waals surface area contributed by atoms with Gasteiger partial charge in [-0.25, -0.2) is 4.39 Å². The van der Waals surface area contributed by atoms with E-state index in [1.807, 2.05) is 12.1 Å². The van der Waals surface area contributed by atoms with Crippen molar-refractivity contribution in [3.8, 4) is 5.75 Å². The summed E-state index contributed by atoms with van der Waals surface area (Å²) in [6.45, 7) is 2.89. The lowest BCUT2D eigenvalue weighted by atomic mass is 9.80. The molecule has 1 aliphatic rings. The highest BCUT2D eigenvalue weighted by atomic mass is 19.1. The summed E-state index contributed by atoms with van der Waals surface area (Å²) in [5.74, 6) is 0.160. The number of alkyl halides is 1. The van der Waals surface area contributed by atoms with Crippen molar-refractivity contribution in [2.45, 2.75) is 24.9 Å². The summed E-state index contributed by atoms with van der Waals surface area (Å²) in [6, 6.07) is 6.85. The lowest BCUT2D eigenvalue weighted by Gasteiger charge is -2.35. The van der Waals surface area contributed by atoms with Crippen LogP contribution in [-0.2, 0) is 0 Å². The van der Waals surface area contributed by atoms with Crippen LogP contribution in [0.5, 0.6) is 5.75 Å². The van der Waals surface area contributed by atoms with E-state index in [0.717, 1.165) is 18.5 Å². The van der Waals surface area contributed by atoms with E-state index in [1.54, 1.807) is 19.1 Å². The number of hydrogen-bond donors (Lipinski definition) is 2. The third-order valence-corrected chi connectivity index (χ3v) is 3.10. The second-order valence-corrected chi connectivity index (χ2v) is 4.39. The fourth-order valence-electron chi connectivity index (χ4n) is 2.22. The molecule has 2 atom stereocenters. The van der Waals surface area contributed by atoms with E-state index < -0.39 is 5.67 Å². The normalized spacial score (nSPS) is 31.5. The van der Waals surface area contributed by atoms with Crippen LogP contribution in [0.4, 0.5) is 4.39 Å². The lowest BCUT2D eigenvalue weighted by Crippen LogP contribution is -2.45. The summed E-state index contributed by atoms with van der Waals surface area (Å²) >= 11 is 0. The van der Waals surface area contributed by atoms with Gasteiger partial charge in [0.1, 0.15) is 11.4 Å². The van der Waals surface area contributed by atoms with Crippen molar-refractivity contribution in [3.63, 3.8) is 0 Å². The van der Waals surface area contributed by atoms with E-state index in [-0.39, 0.29) is 11.7 Å². The van der Waals surface area contributed by atoms with Gasteiger partial charge in [0.05, 0.1) is 0 Å². The molecule has 2 rings (SSSR count). The molecule has 1 saturated heterocycles. The Hall–Kier alpha value is -1.09. The van der Waals surface area contributed by atoms with Crippen LogP contribution in [0.2, 0.25) is 0 Å². The highest BCUT2D eigenvalue weighted by molar-refractivity contribution is 5.30. The average molecular weight is 209 g/mol. The minimum atomic E-state index is -1.20. The van der Waals surface area contributed by atoms with Gasteiger partial charge in [-0.15, -0.1) is 0 Å². The Morgan fingerprint density at radius 3 is 2.67 bits per heavy atom. The SMILES string of the molecule is C[C@]1(F)CNCC[C@H]1c1ccc(O)cc1. The van der Waals surface area contributed by atoms with E-state index >= 15 is 0 Å². The first kappa shape index (κ1) is 10.4. The Morgan fingerprint density at radius 2 is 2.07 bits per heavy atom. The first-order valence-electron chi connectivity index (χ1n) is 5.28. The number of benzene rings is 1. The number of piperidine rings is 1. The van der Waals surface area contributed by atoms with E-state index in [1.165, 1.54) is 0 Å². The molecule has 2 nitrogen and oxygen atoms in total. The summed E-state index contributed by atoms with van der Waals surface area (Å²) in [7, 11) is 0. The second kappa shape index (κ2) is 3.81. The van der Waals surface area contributed by atoms with Crippen LogP contribution in [0.15, 0.2) is 24.3 Å². The van der Waals surface area contributed by atoms with Crippen molar-refractivity contribution in [2.75, 3.05) is 13.1 Å². The quantitative estimate of drug-likeness (QED) is 0.743. The molecule has 0 bridgehead atoms. The van der Waals surface area contributed by atoms with Gasteiger partial charge in [0, 0.05) is 12.5 Å². The Labute approximate surface area is 89.1 Å². The van der Waals surface area contributed by atoms with Crippen LogP contribution in [0, 0.1) is 0 Å². The van der Waals surface area contributed by atoms with E-state index in [9.17, 15) is 9.50 Å². The van der Waals surface area contributed by atoms with Crippen molar-refractivity contribution in [1.29, 1.82) is 0 Å². The van der Waals surface area contributed by atoms with Crippen LogP contribution in [0.25, 0.3) is 0 Å². The maximum Gasteiger partial charge on any atom is 0.127 e. The minimum Gasteiger partial charge on any atom is -0.508 e. The van der Waals surface area contributed by atoms with Gasteiger partial charge in [-0.3, -0.25) is 0 Å². The first-order valence-corrected chi connectivity index (χ1v) is 5.28. The number of aromatic hydroxyl groups is 1. The van der Waals surface area contributed by atoms with Crippen LogP contribution in [0.1, 0.15) is 24.8 Å². The van der Waals surface area contributed by atoms with Crippen molar-refractivity contribution in [1.82, 2.24) is 5.32 Å². The second-order valence-electron chi connectivity index (χ2n) is 4.39. The molecular formula is C12H16FNO. The summed E-state index contributed by atoms with van der Waals surface area (Å²) < 4.78 is 14.2. The predicted octanol–water partition coefficient (Wildman–Crippen LogP) is 2.20. The summed E-state index contributed by atoms with van der Waals surface area (Å²) in [5.41, 5.74) is -0.228. The van der Waals surface area contributed by atoms with Gasteiger partial charge in [0.25, 0.3) is 0 Å². The summed E-state index contributed by atoms with van der Waals surface area (Å²) in [4.78, 5) is 0. The molecule has 0 saturated carbocycles. The monoisotopic (exact) mass is 209 g/mol. The molecule has 3 heteroatoms. The third-order valence-electron chi connectivity index (χ3n) is 3.10. The Kier molecular flexibility index (Phi) is 2.65. The molecule has 0 radical (unpaired) electrons. The molecule has 15 heavy (non-hydrogen) atoms. The predicted molar refractivity (Wildman–Crippen MR) is 57.8 cm³/mol. The Morgan fingerprint density at radius 1 is 1.40 bits per heavy atom. The molecule has 0 aromatic heterocycles. The van der Waals surface area contributed by atoms with Crippen molar-refractivity contribution in [2.24, 2.45) is 0 Å². The Balaban J connectivity index is 2.25. The molecule has 2 N–H and O–H groups in total. The van der Waals surface area contributed by atoms with Crippen LogP contribution in [0.3, 0.4) is 0 Å². The molecule has 1 fully saturated rings. The number of phenolic OH excluding ortho intramolecular Hbond substituents is 1. The summed E-state index contributed by atoms with van der Waals surface area (Å²) in [6.07, 6.45) is 0.803. The molecule has 0 aliphatic carbocycles. The highest BCUT2D eigenvalue weighted by Gasteiger charge is 2.37. The number of phenols is 1. The molecule has 1 aliphatic heterocycles. The van der Waals surface area contributed by atoms with Gasteiger partial charge in [-0.05, 0) is 37.6 Å². The standard InChI is InChI=1S/C12H16FNO/c1-12(13)8-14-7-6-11(12)9-2-4-10(15)5-3-9/h2-5,11,14-15H,6-8H2,1H3/t11-,12-/m0/s1. The maximum atomic E-state index is 14.2. The minimum absolute atomic E-state index is 0.0700. The molecule has 1 heterocycles. The van der Waals surface area contributed by atoms with Gasteiger partial charge in [-0.2, -0.15) is 0 Å². The number of rotatable bonds is 1.